The van der Waals surface area contributed by atoms with Gasteiger partial charge in [-0.2, -0.15) is 0 Å². The Morgan fingerprint density at radius 3 is 2.93 bits per heavy atom. The maximum absolute atomic E-state index is 11.2. The lowest BCUT2D eigenvalue weighted by Crippen LogP contribution is -2.35. The van der Waals surface area contributed by atoms with Crippen LogP contribution in [0, 0.1) is 0 Å². The van der Waals surface area contributed by atoms with Crippen molar-refractivity contribution in [2.24, 2.45) is 5.73 Å². The van der Waals surface area contributed by atoms with E-state index in [0.29, 0.717) is 6.54 Å². The number of nitrogens with one attached hydrogen (secondary N) is 1. The van der Waals surface area contributed by atoms with Gasteiger partial charge in [-0.3, -0.25) is 14.8 Å². The van der Waals surface area contributed by atoms with E-state index in [4.69, 9.17) is 5.73 Å². The molecule has 0 radical (unpaired) electrons. The molecule has 0 unspecified atom stereocenters. The van der Waals surface area contributed by atoms with Crippen LogP contribution in [-0.4, -0.2) is 26.9 Å². The summed E-state index contributed by atoms with van der Waals surface area (Å²) in [4.78, 5) is 21.6. The SMILES string of the molecule is CCCCn1cc(C(=O)NC(N)=O)nn1. The molecule has 0 aliphatic heterocycles. The third-order valence-electron chi connectivity index (χ3n) is 1.75. The summed E-state index contributed by atoms with van der Waals surface area (Å²) in [7, 11) is 0. The van der Waals surface area contributed by atoms with E-state index < -0.39 is 11.9 Å². The minimum atomic E-state index is -0.900. The van der Waals surface area contributed by atoms with E-state index in [1.165, 1.54) is 6.20 Å². The molecule has 3 amide bonds. The van der Waals surface area contributed by atoms with Crippen LogP contribution in [0.15, 0.2) is 6.20 Å². The Labute approximate surface area is 86.6 Å². The van der Waals surface area contributed by atoms with Crippen LogP contribution in [0.1, 0.15) is 30.3 Å². The van der Waals surface area contributed by atoms with Crippen molar-refractivity contribution < 1.29 is 9.59 Å². The van der Waals surface area contributed by atoms with Gasteiger partial charge in [0.1, 0.15) is 0 Å². The molecule has 7 nitrogen and oxygen atoms in total. The van der Waals surface area contributed by atoms with E-state index in [0.717, 1.165) is 12.8 Å². The Morgan fingerprint density at radius 2 is 2.33 bits per heavy atom. The van der Waals surface area contributed by atoms with Crippen molar-refractivity contribution in [3.05, 3.63) is 11.9 Å². The molecular weight excluding hydrogens is 198 g/mol. The molecule has 7 heteroatoms. The Kier molecular flexibility index (Phi) is 3.78. The topological polar surface area (TPSA) is 103 Å². The number of hydrogen-bond acceptors (Lipinski definition) is 4. The average molecular weight is 211 g/mol. The van der Waals surface area contributed by atoms with Crippen LogP contribution >= 0.6 is 0 Å². The highest BCUT2D eigenvalue weighted by Crippen LogP contribution is 1.96. The number of carbonyl (C=O) groups excluding carboxylic acids is 2. The molecule has 1 aromatic heterocycles. The predicted molar refractivity (Wildman–Crippen MR) is 52.0 cm³/mol. The van der Waals surface area contributed by atoms with Crippen molar-refractivity contribution in [2.45, 2.75) is 26.3 Å². The number of urea groups is 1. The number of nitrogens with two attached hydrogens (primary N) is 1. The molecule has 1 aromatic rings. The van der Waals surface area contributed by atoms with E-state index >= 15 is 0 Å². The van der Waals surface area contributed by atoms with Crippen LogP contribution in [0.3, 0.4) is 0 Å². The van der Waals surface area contributed by atoms with E-state index in [1.54, 1.807) is 4.68 Å². The van der Waals surface area contributed by atoms with Crippen molar-refractivity contribution in [2.75, 3.05) is 0 Å². The fourth-order valence-corrected chi connectivity index (χ4v) is 1.01. The quantitative estimate of drug-likeness (QED) is 0.724. The molecule has 0 aliphatic carbocycles. The van der Waals surface area contributed by atoms with Gasteiger partial charge in [-0.05, 0) is 6.42 Å². The smallest absolute Gasteiger partial charge is 0.319 e. The highest BCUT2D eigenvalue weighted by molar-refractivity contribution is 6.02. The fourth-order valence-electron chi connectivity index (χ4n) is 1.01. The Balaban J connectivity index is 2.58. The first kappa shape index (κ1) is 11.2. The number of hydrogen-bond donors (Lipinski definition) is 2. The van der Waals surface area contributed by atoms with Crippen LogP contribution < -0.4 is 11.1 Å². The predicted octanol–water partition coefficient (Wildman–Crippen LogP) is -0.113. The summed E-state index contributed by atoms with van der Waals surface area (Å²) in [5.41, 5.74) is 4.88. The van der Waals surface area contributed by atoms with Gasteiger partial charge in [0.2, 0.25) is 0 Å². The number of primary amides is 1. The Bertz CT molecular complexity index is 360. The number of imide groups is 1. The number of rotatable bonds is 4. The minimum absolute atomic E-state index is 0.0879. The van der Waals surface area contributed by atoms with E-state index in [1.807, 2.05) is 5.32 Å². The third kappa shape index (κ3) is 3.37. The van der Waals surface area contributed by atoms with Gasteiger partial charge in [0.15, 0.2) is 5.69 Å². The summed E-state index contributed by atoms with van der Waals surface area (Å²) in [6, 6.07) is -0.900. The van der Waals surface area contributed by atoms with Crippen LogP contribution in [0.25, 0.3) is 0 Å². The monoisotopic (exact) mass is 211 g/mol. The Morgan fingerprint density at radius 1 is 1.60 bits per heavy atom. The first-order valence-corrected chi connectivity index (χ1v) is 4.64. The molecule has 1 heterocycles. The largest absolute Gasteiger partial charge is 0.351 e. The second kappa shape index (κ2) is 5.08. The molecule has 15 heavy (non-hydrogen) atoms. The van der Waals surface area contributed by atoms with Gasteiger partial charge in [-0.15, -0.1) is 5.10 Å². The second-order valence-electron chi connectivity index (χ2n) is 3.04. The number of nitrogens with zero attached hydrogens (tertiary/aromatic N) is 3. The summed E-state index contributed by atoms with van der Waals surface area (Å²) >= 11 is 0. The zero-order valence-corrected chi connectivity index (χ0v) is 8.43. The molecule has 0 atom stereocenters. The van der Waals surface area contributed by atoms with Gasteiger partial charge < -0.3 is 5.73 Å². The number of carbonyl (C=O) groups is 2. The summed E-state index contributed by atoms with van der Waals surface area (Å²) in [5, 5.41) is 9.26. The molecule has 82 valence electrons. The summed E-state index contributed by atoms with van der Waals surface area (Å²) in [6.07, 6.45) is 3.47. The number of aromatic nitrogens is 3. The van der Waals surface area contributed by atoms with Gasteiger partial charge in [-0.1, -0.05) is 18.6 Å². The number of aryl methyl sites for hydroxylation is 1. The van der Waals surface area contributed by atoms with Gasteiger partial charge in [0.05, 0.1) is 6.20 Å². The molecule has 1 rings (SSSR count). The maximum Gasteiger partial charge on any atom is 0.319 e. The molecule has 3 N–H and O–H groups in total. The molecule has 0 bridgehead atoms. The van der Waals surface area contributed by atoms with Crippen molar-refractivity contribution >= 4 is 11.9 Å². The highest BCUT2D eigenvalue weighted by Gasteiger charge is 2.11. The van der Waals surface area contributed by atoms with Crippen molar-refractivity contribution in [3.8, 4) is 0 Å². The van der Waals surface area contributed by atoms with E-state index in [9.17, 15) is 9.59 Å². The molecule has 0 aliphatic rings. The third-order valence-corrected chi connectivity index (χ3v) is 1.75. The molecule has 0 fully saturated rings. The maximum atomic E-state index is 11.2. The van der Waals surface area contributed by atoms with Gasteiger partial charge in [0, 0.05) is 6.54 Å². The number of amides is 3. The standard InChI is InChI=1S/C8H13N5O2/c1-2-3-4-13-5-6(11-12-13)7(14)10-8(9)15/h5H,2-4H2,1H3,(H3,9,10,14,15). The normalized spacial score (nSPS) is 9.93. The van der Waals surface area contributed by atoms with Crippen LogP contribution in [0.4, 0.5) is 4.79 Å². The highest BCUT2D eigenvalue weighted by atomic mass is 16.2. The van der Waals surface area contributed by atoms with Crippen LogP contribution in [0.5, 0.6) is 0 Å². The molecule has 0 saturated carbocycles. The first-order valence-electron chi connectivity index (χ1n) is 4.64. The fraction of sp³-hybridized carbons (Fsp3) is 0.500. The van der Waals surface area contributed by atoms with E-state index in [-0.39, 0.29) is 5.69 Å². The first-order chi connectivity index (χ1) is 7.13. The molecular formula is C8H13N5O2. The number of unbranched alkanes of at least 4 members (excludes halogenated alkanes) is 1. The lowest BCUT2D eigenvalue weighted by Gasteiger charge is -1.96. The molecule has 0 spiro atoms. The summed E-state index contributed by atoms with van der Waals surface area (Å²) in [6.45, 7) is 2.75. The van der Waals surface area contributed by atoms with Gasteiger partial charge >= 0.3 is 6.03 Å². The van der Waals surface area contributed by atoms with Gasteiger partial charge in [-0.25, -0.2) is 4.79 Å². The Hall–Kier alpha value is -1.92. The van der Waals surface area contributed by atoms with Crippen molar-refractivity contribution in [1.82, 2.24) is 20.3 Å². The average Bonchev–Trinajstić information content (AvgIpc) is 2.62. The molecule has 0 saturated heterocycles. The molecule has 0 aromatic carbocycles. The summed E-state index contributed by atoms with van der Waals surface area (Å²) < 4.78 is 1.55. The lowest BCUT2D eigenvalue weighted by atomic mass is 10.3. The zero-order chi connectivity index (χ0) is 11.3. The minimum Gasteiger partial charge on any atom is -0.351 e. The summed E-state index contributed by atoms with van der Waals surface area (Å²) in [5.74, 6) is -0.634. The van der Waals surface area contributed by atoms with E-state index in [2.05, 4.69) is 17.2 Å². The lowest BCUT2D eigenvalue weighted by molar-refractivity contribution is 0.0961. The van der Waals surface area contributed by atoms with Gasteiger partial charge in [0.25, 0.3) is 5.91 Å². The van der Waals surface area contributed by atoms with Crippen LogP contribution in [-0.2, 0) is 6.54 Å². The van der Waals surface area contributed by atoms with Crippen molar-refractivity contribution in [1.29, 1.82) is 0 Å². The van der Waals surface area contributed by atoms with Crippen molar-refractivity contribution in [3.63, 3.8) is 0 Å². The second-order valence-corrected chi connectivity index (χ2v) is 3.04. The zero-order valence-electron chi connectivity index (χ0n) is 8.43. The van der Waals surface area contributed by atoms with Crippen LogP contribution in [0.2, 0.25) is 0 Å².